The second-order valence-electron chi connectivity index (χ2n) is 7.87. The topological polar surface area (TPSA) is 161 Å². The van der Waals surface area contributed by atoms with Crippen LogP contribution in [0, 0.1) is 6.92 Å². The van der Waals surface area contributed by atoms with E-state index in [0.717, 1.165) is 16.9 Å². The summed E-state index contributed by atoms with van der Waals surface area (Å²) in [4.78, 5) is 37.9. The van der Waals surface area contributed by atoms with Gasteiger partial charge in [0.15, 0.2) is 5.13 Å². The van der Waals surface area contributed by atoms with E-state index >= 15 is 0 Å². The molecule has 0 amide bonds. The summed E-state index contributed by atoms with van der Waals surface area (Å²) in [5.74, 6) is -0.558. The van der Waals surface area contributed by atoms with Gasteiger partial charge in [-0.1, -0.05) is 23.5 Å². The van der Waals surface area contributed by atoms with E-state index in [2.05, 4.69) is 30.5 Å². The molecule has 0 unspecified atom stereocenters. The molecule has 0 saturated carbocycles. The highest BCUT2D eigenvalue weighted by atomic mass is 32.1. The number of benzene rings is 1. The largest absolute Gasteiger partial charge is 0.478 e. The lowest BCUT2D eigenvalue weighted by atomic mass is 10.1. The summed E-state index contributed by atoms with van der Waals surface area (Å²) < 4.78 is 0. The minimum atomic E-state index is -1.04. The highest BCUT2D eigenvalue weighted by molar-refractivity contribution is 7.17. The van der Waals surface area contributed by atoms with E-state index < -0.39 is 11.9 Å². The zero-order valence-corrected chi connectivity index (χ0v) is 19.2. The minimum absolute atomic E-state index is 0.145. The van der Waals surface area contributed by atoms with Crippen LogP contribution in [-0.2, 0) is 6.54 Å². The fourth-order valence-electron chi connectivity index (χ4n) is 3.54. The number of aliphatic hydroxyl groups excluding tert-OH is 1. The van der Waals surface area contributed by atoms with Crippen molar-refractivity contribution in [3.05, 3.63) is 52.0 Å². The smallest absolute Gasteiger partial charge is 0.347 e. The number of carbonyl (C=O) groups is 2. The molecule has 5 N–H and O–H groups in total. The number of hydrogen-bond donors (Lipinski definition) is 5. The summed E-state index contributed by atoms with van der Waals surface area (Å²) in [7, 11) is 0. The zero-order valence-electron chi connectivity index (χ0n) is 18.4. The Hall–Kier alpha value is -3.77. The molecule has 12 heteroatoms. The number of anilines is 4. The molecule has 11 nitrogen and oxygen atoms in total. The molecule has 2 aromatic heterocycles. The van der Waals surface area contributed by atoms with Crippen molar-refractivity contribution >= 4 is 46.0 Å². The van der Waals surface area contributed by atoms with Crippen LogP contribution in [0.2, 0.25) is 0 Å². The monoisotopic (exact) mass is 484 g/mol. The van der Waals surface area contributed by atoms with Crippen LogP contribution in [0.1, 0.15) is 44.1 Å². The Labute approximate surface area is 199 Å². The first-order valence-electron chi connectivity index (χ1n) is 10.6. The normalized spacial score (nSPS) is 14.1. The van der Waals surface area contributed by atoms with Gasteiger partial charge in [0.25, 0.3) is 0 Å². The van der Waals surface area contributed by atoms with Crippen molar-refractivity contribution < 1.29 is 24.9 Å². The SMILES string of the molecule is Cc1nc(Nc2nc(NCc3ccc(C(=O)O)cc3)cc(N3CCC(O)CC3)n2)sc1C(=O)O. The van der Waals surface area contributed by atoms with Crippen LogP contribution in [0.3, 0.4) is 0 Å². The third-order valence-corrected chi connectivity index (χ3v) is 6.45. The fraction of sp³-hybridized carbons (Fsp3) is 0.318. The number of aliphatic hydroxyl groups is 1. The molecular formula is C22H24N6O5S. The van der Waals surface area contributed by atoms with E-state index in [9.17, 15) is 19.8 Å². The maximum absolute atomic E-state index is 11.3. The Balaban J connectivity index is 1.57. The number of thiazole rings is 1. The van der Waals surface area contributed by atoms with Gasteiger partial charge < -0.3 is 25.5 Å². The number of rotatable bonds is 8. The Bertz CT molecular complexity index is 1190. The average molecular weight is 485 g/mol. The van der Waals surface area contributed by atoms with Crippen LogP contribution in [0.25, 0.3) is 0 Å². The molecule has 1 aliphatic rings. The lowest BCUT2D eigenvalue weighted by Gasteiger charge is -2.30. The molecule has 178 valence electrons. The lowest BCUT2D eigenvalue weighted by Crippen LogP contribution is -2.36. The molecule has 1 aromatic carbocycles. The predicted molar refractivity (Wildman–Crippen MR) is 127 cm³/mol. The first-order chi connectivity index (χ1) is 16.3. The van der Waals surface area contributed by atoms with Crippen LogP contribution in [0.5, 0.6) is 0 Å². The van der Waals surface area contributed by atoms with Crippen LogP contribution in [0.4, 0.5) is 22.7 Å². The number of aromatic carboxylic acids is 2. The Morgan fingerprint density at radius 2 is 1.79 bits per heavy atom. The Morgan fingerprint density at radius 1 is 1.09 bits per heavy atom. The third kappa shape index (κ3) is 5.58. The van der Waals surface area contributed by atoms with Crippen molar-refractivity contribution in [2.75, 3.05) is 28.6 Å². The number of aromatic nitrogens is 3. The van der Waals surface area contributed by atoms with Crippen LogP contribution < -0.4 is 15.5 Å². The van der Waals surface area contributed by atoms with Gasteiger partial charge in [-0.25, -0.2) is 14.6 Å². The van der Waals surface area contributed by atoms with Gasteiger partial charge in [0.05, 0.1) is 17.4 Å². The molecule has 1 aliphatic heterocycles. The van der Waals surface area contributed by atoms with Gasteiger partial charge in [-0.3, -0.25) is 5.32 Å². The van der Waals surface area contributed by atoms with Gasteiger partial charge in [0, 0.05) is 25.7 Å². The van der Waals surface area contributed by atoms with Gasteiger partial charge >= 0.3 is 11.9 Å². The lowest BCUT2D eigenvalue weighted by molar-refractivity contribution is 0.0688. The maximum atomic E-state index is 11.3. The predicted octanol–water partition coefficient (Wildman–Crippen LogP) is 2.95. The summed E-state index contributed by atoms with van der Waals surface area (Å²) in [6.45, 7) is 3.33. The third-order valence-electron chi connectivity index (χ3n) is 5.39. The van der Waals surface area contributed by atoms with Crippen molar-refractivity contribution in [2.24, 2.45) is 0 Å². The average Bonchev–Trinajstić information content (AvgIpc) is 3.18. The van der Waals surface area contributed by atoms with Gasteiger partial charge in [-0.2, -0.15) is 9.97 Å². The van der Waals surface area contributed by atoms with Crippen LogP contribution in [0.15, 0.2) is 30.3 Å². The molecule has 0 radical (unpaired) electrons. The molecule has 0 atom stereocenters. The molecule has 4 rings (SSSR count). The number of nitrogens with zero attached hydrogens (tertiary/aromatic N) is 4. The van der Waals surface area contributed by atoms with E-state index in [-0.39, 0.29) is 22.5 Å². The highest BCUT2D eigenvalue weighted by Gasteiger charge is 2.20. The molecule has 0 aliphatic carbocycles. The Morgan fingerprint density at radius 3 is 2.41 bits per heavy atom. The van der Waals surface area contributed by atoms with Gasteiger partial charge in [0.2, 0.25) is 5.95 Å². The standard InChI is InChI=1S/C22H24N6O5S/c1-12-18(20(32)33)34-22(24-12)27-21-25-16(10-17(26-21)28-8-6-15(29)7-9-28)23-11-13-2-4-14(5-3-13)19(30)31/h2-5,10,15,29H,6-9,11H2,1H3,(H,30,31)(H,32,33)(H2,23,24,25,26,27). The van der Waals surface area contributed by atoms with E-state index in [0.29, 0.717) is 54.9 Å². The number of hydrogen-bond acceptors (Lipinski definition) is 10. The number of piperidine rings is 1. The van der Waals surface area contributed by atoms with Gasteiger partial charge in [0.1, 0.15) is 16.5 Å². The second kappa shape index (κ2) is 10.0. The number of carboxylic acids is 2. The van der Waals surface area contributed by atoms with Gasteiger partial charge in [-0.05, 0) is 37.5 Å². The molecule has 0 spiro atoms. The molecule has 3 heterocycles. The summed E-state index contributed by atoms with van der Waals surface area (Å²) in [6.07, 6.45) is 0.952. The fourth-order valence-corrected chi connectivity index (χ4v) is 4.34. The maximum Gasteiger partial charge on any atom is 0.347 e. The van der Waals surface area contributed by atoms with E-state index in [1.807, 2.05) is 6.07 Å². The van der Waals surface area contributed by atoms with E-state index in [1.54, 1.807) is 31.2 Å². The van der Waals surface area contributed by atoms with E-state index in [4.69, 9.17) is 5.11 Å². The summed E-state index contributed by atoms with van der Waals surface area (Å²) >= 11 is 1.01. The molecule has 0 bridgehead atoms. The summed E-state index contributed by atoms with van der Waals surface area (Å²) in [5.41, 5.74) is 1.50. The molecule has 3 aromatic rings. The van der Waals surface area contributed by atoms with Gasteiger partial charge in [-0.15, -0.1) is 0 Å². The van der Waals surface area contributed by atoms with Crippen molar-refractivity contribution in [3.63, 3.8) is 0 Å². The number of nitrogens with one attached hydrogen (secondary N) is 2. The number of aryl methyl sites for hydroxylation is 1. The number of carboxylic acid groups (broad SMARTS) is 2. The van der Waals surface area contributed by atoms with Crippen molar-refractivity contribution in [3.8, 4) is 0 Å². The molecule has 1 saturated heterocycles. The Kier molecular flexibility index (Phi) is 6.89. The van der Waals surface area contributed by atoms with Crippen molar-refractivity contribution in [1.29, 1.82) is 0 Å². The van der Waals surface area contributed by atoms with Crippen LogP contribution >= 0.6 is 11.3 Å². The molecule has 1 fully saturated rings. The summed E-state index contributed by atoms with van der Waals surface area (Å²) in [5, 5.41) is 34.8. The van der Waals surface area contributed by atoms with Crippen molar-refractivity contribution in [2.45, 2.75) is 32.4 Å². The second-order valence-corrected chi connectivity index (χ2v) is 8.87. The first-order valence-corrected chi connectivity index (χ1v) is 11.5. The summed E-state index contributed by atoms with van der Waals surface area (Å²) in [6, 6.07) is 8.36. The zero-order chi connectivity index (χ0) is 24.2. The highest BCUT2D eigenvalue weighted by Crippen LogP contribution is 2.27. The van der Waals surface area contributed by atoms with E-state index in [1.165, 1.54) is 0 Å². The quantitative estimate of drug-likeness (QED) is 0.320. The molecular weight excluding hydrogens is 460 g/mol. The van der Waals surface area contributed by atoms with Crippen molar-refractivity contribution in [1.82, 2.24) is 15.0 Å². The minimum Gasteiger partial charge on any atom is -0.478 e. The first kappa shape index (κ1) is 23.4. The van der Waals surface area contributed by atoms with Crippen LogP contribution in [-0.4, -0.2) is 61.4 Å². The molecule has 34 heavy (non-hydrogen) atoms.